The molecule has 0 aliphatic carbocycles. The van der Waals surface area contributed by atoms with Gasteiger partial charge in [0.15, 0.2) is 0 Å². The summed E-state index contributed by atoms with van der Waals surface area (Å²) in [6.45, 7) is -0.183. The van der Waals surface area contributed by atoms with Crippen LogP contribution in [0.1, 0.15) is 23.9 Å². The molecule has 0 bridgehead atoms. The van der Waals surface area contributed by atoms with E-state index in [0.717, 1.165) is 4.57 Å². The summed E-state index contributed by atoms with van der Waals surface area (Å²) in [5.41, 5.74) is -0.387. The Bertz CT molecular complexity index is 948. The zero-order valence-corrected chi connectivity index (χ0v) is 14.9. The molecule has 3 heterocycles. The first-order valence-corrected chi connectivity index (χ1v) is 8.68. The number of nitrogens with one attached hydrogen (secondary N) is 3. The number of imidazole rings is 1. The average Bonchev–Trinajstić information content (AvgIpc) is 3.29. The Morgan fingerprint density at radius 2 is 2.29 bits per heavy atom. The maximum atomic E-state index is 12.0. The van der Waals surface area contributed by atoms with Gasteiger partial charge < -0.3 is 25.3 Å². The van der Waals surface area contributed by atoms with Gasteiger partial charge in [-0.1, -0.05) is 12.2 Å². The number of nitrogens with zero attached hydrogens (tertiary/aromatic N) is 2. The topological polar surface area (TPSA) is 162 Å². The number of aromatic nitrogens is 4. The molecule has 150 valence electrons. The second-order valence-electron chi connectivity index (χ2n) is 6.33. The lowest BCUT2D eigenvalue weighted by molar-refractivity contribution is -0.120. The molecule has 0 unspecified atom stereocenters. The van der Waals surface area contributed by atoms with Crippen LogP contribution in [0, 0.1) is 0 Å². The summed E-state index contributed by atoms with van der Waals surface area (Å²) in [5, 5.41) is 21.6. The van der Waals surface area contributed by atoms with Crippen molar-refractivity contribution in [2.24, 2.45) is 0 Å². The minimum absolute atomic E-state index is 0.115. The molecular weight excluding hydrogens is 370 g/mol. The fraction of sp³-hybridized carbons (Fsp3) is 0.412. The van der Waals surface area contributed by atoms with Gasteiger partial charge in [-0.15, -0.1) is 0 Å². The quantitative estimate of drug-likeness (QED) is 0.375. The van der Waals surface area contributed by atoms with Crippen LogP contribution in [0.2, 0.25) is 0 Å². The summed E-state index contributed by atoms with van der Waals surface area (Å²) in [5.74, 6) is -0.212. The van der Waals surface area contributed by atoms with Gasteiger partial charge in [0.25, 0.3) is 5.56 Å². The Balaban J connectivity index is 1.64. The van der Waals surface area contributed by atoms with E-state index in [1.165, 1.54) is 18.6 Å². The van der Waals surface area contributed by atoms with Crippen LogP contribution in [0.25, 0.3) is 6.08 Å². The molecule has 5 N–H and O–H groups in total. The first-order valence-electron chi connectivity index (χ1n) is 8.68. The van der Waals surface area contributed by atoms with E-state index in [1.54, 1.807) is 12.3 Å². The van der Waals surface area contributed by atoms with Crippen molar-refractivity contribution < 1.29 is 19.7 Å². The van der Waals surface area contributed by atoms with Crippen molar-refractivity contribution in [3.8, 4) is 0 Å². The maximum Gasteiger partial charge on any atom is 0.330 e. The van der Waals surface area contributed by atoms with Crippen LogP contribution in [-0.4, -0.2) is 61.0 Å². The Morgan fingerprint density at radius 3 is 2.96 bits per heavy atom. The van der Waals surface area contributed by atoms with Crippen molar-refractivity contribution in [1.29, 1.82) is 0 Å². The van der Waals surface area contributed by atoms with Gasteiger partial charge in [-0.25, -0.2) is 9.78 Å². The highest BCUT2D eigenvalue weighted by molar-refractivity contribution is 5.78. The van der Waals surface area contributed by atoms with Gasteiger partial charge >= 0.3 is 5.69 Å². The zero-order valence-electron chi connectivity index (χ0n) is 14.9. The van der Waals surface area contributed by atoms with E-state index in [4.69, 9.17) is 9.84 Å². The van der Waals surface area contributed by atoms with Gasteiger partial charge in [-0.3, -0.25) is 19.1 Å². The van der Waals surface area contributed by atoms with E-state index < -0.39 is 29.7 Å². The van der Waals surface area contributed by atoms with Crippen molar-refractivity contribution in [1.82, 2.24) is 24.8 Å². The van der Waals surface area contributed by atoms with E-state index in [2.05, 4.69) is 20.3 Å². The molecule has 11 nitrogen and oxygen atoms in total. The third-order valence-corrected chi connectivity index (χ3v) is 4.31. The smallest absolute Gasteiger partial charge is 0.330 e. The predicted molar refractivity (Wildman–Crippen MR) is 97.3 cm³/mol. The molecule has 1 fully saturated rings. The van der Waals surface area contributed by atoms with Crippen LogP contribution in [0.4, 0.5) is 0 Å². The van der Waals surface area contributed by atoms with Crippen molar-refractivity contribution in [2.75, 3.05) is 13.2 Å². The molecule has 11 heteroatoms. The van der Waals surface area contributed by atoms with Gasteiger partial charge in [0.2, 0.25) is 5.91 Å². The van der Waals surface area contributed by atoms with Crippen LogP contribution in [0.3, 0.4) is 0 Å². The number of ether oxygens (including phenoxy) is 1. The third kappa shape index (κ3) is 4.63. The average molecular weight is 391 g/mol. The molecule has 3 rings (SSSR count). The third-order valence-electron chi connectivity index (χ3n) is 4.31. The van der Waals surface area contributed by atoms with Crippen molar-refractivity contribution in [2.45, 2.75) is 31.3 Å². The second kappa shape index (κ2) is 8.78. The van der Waals surface area contributed by atoms with Crippen LogP contribution < -0.4 is 16.6 Å². The summed E-state index contributed by atoms with van der Waals surface area (Å²) >= 11 is 0. The van der Waals surface area contributed by atoms with Crippen LogP contribution in [0.15, 0.2) is 34.4 Å². The Hall–Kier alpha value is -3.02. The fourth-order valence-corrected chi connectivity index (χ4v) is 2.86. The minimum Gasteiger partial charge on any atom is -0.394 e. The molecule has 3 atom stereocenters. The first-order chi connectivity index (χ1) is 13.5. The predicted octanol–water partition coefficient (Wildman–Crippen LogP) is -1.73. The summed E-state index contributed by atoms with van der Waals surface area (Å²) in [6, 6.07) is 0. The number of carbonyl (C=O) groups excluding carboxylic acids is 1. The molecule has 1 amide bonds. The van der Waals surface area contributed by atoms with E-state index in [0.29, 0.717) is 5.69 Å². The maximum absolute atomic E-state index is 12.0. The highest BCUT2D eigenvalue weighted by Gasteiger charge is 2.35. The van der Waals surface area contributed by atoms with E-state index in [9.17, 15) is 19.5 Å². The molecule has 1 saturated heterocycles. The molecule has 0 spiro atoms. The summed E-state index contributed by atoms with van der Waals surface area (Å²) in [6.07, 6.45) is 5.20. The monoisotopic (exact) mass is 391 g/mol. The molecule has 0 saturated carbocycles. The van der Waals surface area contributed by atoms with Gasteiger partial charge in [-0.05, 0) is 0 Å². The molecule has 0 radical (unpaired) electrons. The number of H-pyrrole nitrogens is 2. The lowest BCUT2D eigenvalue weighted by atomic mass is 10.2. The Kier molecular flexibility index (Phi) is 6.19. The minimum atomic E-state index is -0.905. The highest BCUT2D eigenvalue weighted by Crippen LogP contribution is 2.27. The molecule has 1 aliphatic rings. The molecular formula is C17H21N5O6. The largest absolute Gasteiger partial charge is 0.394 e. The Morgan fingerprint density at radius 1 is 1.46 bits per heavy atom. The van der Waals surface area contributed by atoms with E-state index >= 15 is 0 Å². The molecule has 2 aromatic rings. The number of rotatable bonds is 7. The number of hydrogen-bond acceptors (Lipinski definition) is 7. The summed E-state index contributed by atoms with van der Waals surface area (Å²) < 4.78 is 6.61. The summed E-state index contributed by atoms with van der Waals surface area (Å²) in [7, 11) is 0. The number of carbonyl (C=O) groups is 1. The zero-order chi connectivity index (χ0) is 20.1. The lowest BCUT2D eigenvalue weighted by Crippen LogP contribution is -2.33. The van der Waals surface area contributed by atoms with Gasteiger partial charge in [-0.2, -0.15) is 0 Å². The Labute approximate surface area is 158 Å². The molecule has 1 aliphatic heterocycles. The number of aliphatic hydroxyl groups is 2. The highest BCUT2D eigenvalue weighted by atomic mass is 16.5. The molecule has 0 aromatic carbocycles. The van der Waals surface area contributed by atoms with E-state index in [1.807, 2.05) is 0 Å². The number of aromatic amines is 2. The van der Waals surface area contributed by atoms with Crippen molar-refractivity contribution in [3.05, 3.63) is 56.9 Å². The molecule has 2 aromatic heterocycles. The van der Waals surface area contributed by atoms with Crippen LogP contribution in [0.5, 0.6) is 0 Å². The number of amides is 1. The number of aliphatic hydroxyl groups excluding tert-OH is 2. The standard InChI is InChI=1S/C17H21N5O6/c23-8-13-12(24)5-15(28-13)22-7-10(16(26)21-17(22)27)2-1-3-19-14(25)4-11-6-18-9-20-11/h1-2,6-7,9,12-13,15,23-24H,3-5,8H2,(H,18,20)(H,19,25)(H,21,26,27)/b2-1+/t12-,13+,15+/m0/s1. The first kappa shape index (κ1) is 19.7. The SMILES string of the molecule is O=C(Cc1cnc[nH]1)NC/C=C/c1cn([C@H]2C[C@H](O)[C@@H](CO)O2)c(=O)[nH]c1=O. The van der Waals surface area contributed by atoms with Gasteiger partial charge in [0.1, 0.15) is 12.3 Å². The molecule has 28 heavy (non-hydrogen) atoms. The normalized spacial score (nSPS) is 22.0. The number of hydrogen-bond donors (Lipinski definition) is 5. The second-order valence-corrected chi connectivity index (χ2v) is 6.33. The van der Waals surface area contributed by atoms with Crippen LogP contribution in [-0.2, 0) is 16.0 Å². The lowest BCUT2D eigenvalue weighted by Gasteiger charge is -2.14. The van der Waals surface area contributed by atoms with Gasteiger partial charge in [0, 0.05) is 31.1 Å². The van der Waals surface area contributed by atoms with Crippen LogP contribution >= 0.6 is 0 Å². The van der Waals surface area contributed by atoms with E-state index in [-0.39, 0.29) is 37.5 Å². The summed E-state index contributed by atoms with van der Waals surface area (Å²) in [4.78, 5) is 44.7. The van der Waals surface area contributed by atoms with Crippen molar-refractivity contribution >= 4 is 12.0 Å². The fourth-order valence-electron chi connectivity index (χ4n) is 2.86. The van der Waals surface area contributed by atoms with Crippen molar-refractivity contribution in [3.63, 3.8) is 0 Å². The van der Waals surface area contributed by atoms with Gasteiger partial charge in [0.05, 0.1) is 31.0 Å².